The fourth-order valence-corrected chi connectivity index (χ4v) is 2.75. The van der Waals surface area contributed by atoms with Crippen molar-refractivity contribution in [1.82, 2.24) is 20.0 Å². The number of nitrogens with one attached hydrogen (secondary N) is 2. The number of fused-ring (bicyclic) bond motifs is 1. The maximum Gasteiger partial charge on any atom is 0.221 e. The first-order valence-corrected chi connectivity index (χ1v) is 6.78. The van der Waals surface area contributed by atoms with Gasteiger partial charge in [-0.05, 0) is 13.8 Å². The molecule has 2 N–H and O–H groups in total. The van der Waals surface area contributed by atoms with Gasteiger partial charge < -0.3 is 10.6 Å². The molecule has 0 bridgehead atoms. The van der Waals surface area contributed by atoms with E-state index in [-0.39, 0.29) is 5.91 Å². The van der Waals surface area contributed by atoms with Crippen LogP contribution in [0.3, 0.4) is 0 Å². The number of nitrogens with zero attached hydrogens (tertiary/aromatic N) is 2. The molecule has 0 spiro atoms. The van der Waals surface area contributed by atoms with Gasteiger partial charge in [-0.15, -0.1) is 11.3 Å². The van der Waals surface area contributed by atoms with Gasteiger partial charge in [-0.2, -0.15) is 0 Å². The van der Waals surface area contributed by atoms with E-state index in [0.717, 1.165) is 17.2 Å². The van der Waals surface area contributed by atoms with E-state index in [0.29, 0.717) is 13.0 Å². The van der Waals surface area contributed by atoms with E-state index in [1.165, 1.54) is 10.6 Å². The molecule has 0 saturated carbocycles. The minimum atomic E-state index is 0.0593. The average molecular weight is 266 g/mol. The third-order valence-electron chi connectivity index (χ3n) is 2.84. The molecule has 0 aromatic carbocycles. The van der Waals surface area contributed by atoms with Gasteiger partial charge in [-0.3, -0.25) is 9.20 Å². The Bertz CT molecular complexity index is 558. The Balaban J connectivity index is 1.98. The van der Waals surface area contributed by atoms with Gasteiger partial charge in [-0.25, -0.2) is 4.98 Å². The summed E-state index contributed by atoms with van der Waals surface area (Å²) in [6.45, 7) is 5.51. The molecule has 0 aliphatic carbocycles. The zero-order valence-electron chi connectivity index (χ0n) is 10.9. The summed E-state index contributed by atoms with van der Waals surface area (Å²) < 4.78 is 2.13. The van der Waals surface area contributed by atoms with Crippen molar-refractivity contribution in [2.45, 2.75) is 26.8 Å². The van der Waals surface area contributed by atoms with Crippen LogP contribution in [0.5, 0.6) is 0 Å². The largest absolute Gasteiger partial charge is 0.359 e. The number of rotatable bonds is 5. The van der Waals surface area contributed by atoms with Crippen molar-refractivity contribution >= 4 is 22.2 Å². The summed E-state index contributed by atoms with van der Waals surface area (Å²) in [6.07, 6.45) is 2.61. The van der Waals surface area contributed by atoms with Crippen LogP contribution in [0, 0.1) is 13.8 Å². The molecule has 0 aliphatic heterocycles. The number of aromatic nitrogens is 2. The van der Waals surface area contributed by atoms with Gasteiger partial charge >= 0.3 is 0 Å². The van der Waals surface area contributed by atoms with Crippen LogP contribution in [0.2, 0.25) is 0 Å². The number of amides is 1. The number of imidazole rings is 1. The lowest BCUT2D eigenvalue weighted by Gasteiger charge is -2.04. The van der Waals surface area contributed by atoms with Crippen LogP contribution in [0.4, 0.5) is 0 Å². The van der Waals surface area contributed by atoms with Gasteiger partial charge in [0.25, 0.3) is 0 Å². The van der Waals surface area contributed by atoms with E-state index in [1.54, 1.807) is 18.4 Å². The molecule has 0 atom stereocenters. The van der Waals surface area contributed by atoms with Gasteiger partial charge in [-0.1, -0.05) is 0 Å². The second-order valence-electron chi connectivity index (χ2n) is 4.24. The van der Waals surface area contributed by atoms with Crippen LogP contribution < -0.4 is 10.6 Å². The molecular weight excluding hydrogens is 248 g/mol. The van der Waals surface area contributed by atoms with Gasteiger partial charge in [0.05, 0.1) is 11.4 Å². The van der Waals surface area contributed by atoms with Gasteiger partial charge in [0.1, 0.15) is 0 Å². The zero-order chi connectivity index (χ0) is 13.1. The predicted octanol–water partition coefficient (Wildman–Crippen LogP) is 1.24. The second-order valence-corrected chi connectivity index (χ2v) is 5.45. The smallest absolute Gasteiger partial charge is 0.221 e. The molecule has 5 nitrogen and oxygen atoms in total. The van der Waals surface area contributed by atoms with Crippen molar-refractivity contribution in [2.24, 2.45) is 0 Å². The standard InChI is InChI=1S/C12H18N4OS/c1-8-7-16-10(9(2)15-12(16)18-8)6-14-5-4-11(17)13-3/h7,14H,4-6H2,1-3H3,(H,13,17). The number of hydrogen-bond acceptors (Lipinski definition) is 4. The lowest BCUT2D eigenvalue weighted by molar-refractivity contribution is -0.120. The first kappa shape index (κ1) is 13.0. The van der Waals surface area contributed by atoms with Gasteiger partial charge in [0.15, 0.2) is 4.96 Å². The Morgan fingerprint density at radius 3 is 3.00 bits per heavy atom. The molecule has 0 unspecified atom stereocenters. The topological polar surface area (TPSA) is 58.4 Å². The van der Waals surface area contributed by atoms with E-state index < -0.39 is 0 Å². The van der Waals surface area contributed by atoms with E-state index in [4.69, 9.17) is 0 Å². The van der Waals surface area contributed by atoms with Crippen LogP contribution in [-0.2, 0) is 11.3 Å². The van der Waals surface area contributed by atoms with Crippen molar-refractivity contribution < 1.29 is 4.79 Å². The molecule has 18 heavy (non-hydrogen) atoms. The zero-order valence-corrected chi connectivity index (χ0v) is 11.7. The summed E-state index contributed by atoms with van der Waals surface area (Å²) in [4.78, 5) is 17.9. The summed E-state index contributed by atoms with van der Waals surface area (Å²) in [6, 6.07) is 0. The highest BCUT2D eigenvalue weighted by Gasteiger charge is 2.10. The van der Waals surface area contributed by atoms with Crippen LogP contribution in [0.1, 0.15) is 22.7 Å². The average Bonchev–Trinajstić information content (AvgIpc) is 2.81. The molecular formula is C12H18N4OS. The van der Waals surface area contributed by atoms with Crippen molar-refractivity contribution in [1.29, 1.82) is 0 Å². The maximum absolute atomic E-state index is 11.1. The number of hydrogen-bond donors (Lipinski definition) is 2. The molecule has 6 heteroatoms. The summed E-state index contributed by atoms with van der Waals surface area (Å²) in [7, 11) is 1.65. The molecule has 0 saturated heterocycles. The lowest BCUT2D eigenvalue weighted by atomic mass is 10.3. The minimum Gasteiger partial charge on any atom is -0.359 e. The molecule has 2 rings (SSSR count). The SMILES string of the molecule is CNC(=O)CCNCc1c(C)nc2sc(C)cn12. The van der Waals surface area contributed by atoms with Crippen molar-refractivity contribution in [3.8, 4) is 0 Å². The van der Waals surface area contributed by atoms with Crippen molar-refractivity contribution in [2.75, 3.05) is 13.6 Å². The summed E-state index contributed by atoms with van der Waals surface area (Å²) in [5, 5.41) is 5.89. The fraction of sp³-hybridized carbons (Fsp3) is 0.500. The Kier molecular flexibility index (Phi) is 3.98. The lowest BCUT2D eigenvalue weighted by Crippen LogP contribution is -2.24. The third-order valence-corrected chi connectivity index (χ3v) is 3.74. The fourth-order valence-electron chi connectivity index (χ4n) is 1.86. The maximum atomic E-state index is 11.1. The Morgan fingerprint density at radius 2 is 2.28 bits per heavy atom. The summed E-state index contributed by atoms with van der Waals surface area (Å²) in [5.41, 5.74) is 2.22. The van der Waals surface area contributed by atoms with E-state index in [1.807, 2.05) is 6.92 Å². The Hall–Kier alpha value is -1.40. The highest BCUT2D eigenvalue weighted by atomic mass is 32.1. The van der Waals surface area contributed by atoms with Crippen LogP contribution in [0.15, 0.2) is 6.20 Å². The minimum absolute atomic E-state index is 0.0593. The number of aryl methyl sites for hydroxylation is 2. The first-order chi connectivity index (χ1) is 8.61. The quantitative estimate of drug-likeness (QED) is 0.801. The summed E-state index contributed by atoms with van der Waals surface area (Å²) in [5.74, 6) is 0.0593. The second kappa shape index (κ2) is 5.49. The number of thiazole rings is 1. The van der Waals surface area contributed by atoms with Crippen molar-refractivity contribution in [3.05, 3.63) is 22.5 Å². The van der Waals surface area contributed by atoms with Crippen LogP contribution in [-0.4, -0.2) is 28.9 Å². The Labute approximate surface area is 110 Å². The molecule has 2 aromatic heterocycles. The van der Waals surface area contributed by atoms with Gasteiger partial charge in [0.2, 0.25) is 5.91 Å². The number of carbonyl (C=O) groups is 1. The van der Waals surface area contributed by atoms with E-state index in [2.05, 4.69) is 33.1 Å². The molecule has 0 radical (unpaired) electrons. The number of carbonyl (C=O) groups excluding carboxylic acids is 1. The van der Waals surface area contributed by atoms with E-state index in [9.17, 15) is 4.79 Å². The molecule has 2 heterocycles. The predicted molar refractivity (Wildman–Crippen MR) is 72.9 cm³/mol. The molecule has 0 fully saturated rings. The molecule has 1 amide bonds. The molecule has 0 aliphatic rings. The summed E-state index contributed by atoms with van der Waals surface area (Å²) >= 11 is 1.69. The van der Waals surface area contributed by atoms with Crippen molar-refractivity contribution in [3.63, 3.8) is 0 Å². The monoisotopic (exact) mass is 266 g/mol. The van der Waals surface area contributed by atoms with Crippen LogP contribution in [0.25, 0.3) is 4.96 Å². The normalized spacial score (nSPS) is 11.1. The molecule has 98 valence electrons. The Morgan fingerprint density at radius 1 is 1.50 bits per heavy atom. The first-order valence-electron chi connectivity index (χ1n) is 5.97. The third kappa shape index (κ3) is 2.70. The molecule has 2 aromatic rings. The highest BCUT2D eigenvalue weighted by Crippen LogP contribution is 2.20. The van der Waals surface area contributed by atoms with Crippen LogP contribution >= 0.6 is 11.3 Å². The highest BCUT2D eigenvalue weighted by molar-refractivity contribution is 7.17. The van der Waals surface area contributed by atoms with E-state index >= 15 is 0 Å². The van der Waals surface area contributed by atoms with Gasteiger partial charge in [0, 0.05) is 37.6 Å².